The molecular weight excluding hydrogens is 366 g/mol. The first-order chi connectivity index (χ1) is 12.9. The number of hydrogen-bond donors (Lipinski definition) is 1. The standard InChI is InChI=1S/C20H16ClN3O3/c1-10-7-15(12(3)26-10)17-9-16(18-11(2)24-27-20(18)23-17)19(25)22-14-6-4-5-13(21)8-14/h4-9H,1-3H3,(H,22,25). The van der Waals surface area contributed by atoms with E-state index in [-0.39, 0.29) is 5.91 Å². The molecule has 0 radical (unpaired) electrons. The van der Waals surface area contributed by atoms with Crippen LogP contribution in [-0.2, 0) is 0 Å². The van der Waals surface area contributed by atoms with Gasteiger partial charge >= 0.3 is 0 Å². The quantitative estimate of drug-likeness (QED) is 0.519. The Hall–Kier alpha value is -3.12. The van der Waals surface area contributed by atoms with Crippen molar-refractivity contribution in [3.05, 3.63) is 64.2 Å². The molecule has 0 aliphatic carbocycles. The van der Waals surface area contributed by atoms with E-state index in [1.165, 1.54) is 0 Å². The third-order valence-corrected chi connectivity index (χ3v) is 4.50. The minimum atomic E-state index is -0.296. The number of aryl methyl sites for hydroxylation is 3. The molecule has 0 bridgehead atoms. The maximum Gasteiger partial charge on any atom is 0.259 e. The Labute approximate surface area is 160 Å². The van der Waals surface area contributed by atoms with Crippen molar-refractivity contribution in [3.8, 4) is 11.3 Å². The van der Waals surface area contributed by atoms with Gasteiger partial charge < -0.3 is 14.3 Å². The Morgan fingerprint density at radius 1 is 1.15 bits per heavy atom. The predicted octanol–water partition coefficient (Wildman–Crippen LogP) is 5.31. The first-order valence-corrected chi connectivity index (χ1v) is 8.71. The third kappa shape index (κ3) is 3.19. The smallest absolute Gasteiger partial charge is 0.259 e. The van der Waals surface area contributed by atoms with E-state index in [2.05, 4.69) is 15.5 Å². The maximum atomic E-state index is 13.0. The Morgan fingerprint density at radius 3 is 2.67 bits per heavy atom. The second-order valence-electron chi connectivity index (χ2n) is 6.29. The number of carbonyl (C=O) groups is 1. The van der Waals surface area contributed by atoms with Crippen LogP contribution in [0.5, 0.6) is 0 Å². The highest BCUT2D eigenvalue weighted by atomic mass is 35.5. The van der Waals surface area contributed by atoms with Crippen LogP contribution < -0.4 is 5.32 Å². The van der Waals surface area contributed by atoms with Crippen LogP contribution in [0.3, 0.4) is 0 Å². The van der Waals surface area contributed by atoms with Crippen molar-refractivity contribution in [3.63, 3.8) is 0 Å². The minimum Gasteiger partial charge on any atom is -0.466 e. The van der Waals surface area contributed by atoms with Crippen molar-refractivity contribution < 1.29 is 13.7 Å². The molecule has 0 spiro atoms. The summed E-state index contributed by atoms with van der Waals surface area (Å²) in [4.78, 5) is 17.5. The molecule has 1 amide bonds. The highest BCUT2D eigenvalue weighted by Gasteiger charge is 2.21. The number of nitrogens with one attached hydrogen (secondary N) is 1. The van der Waals surface area contributed by atoms with Crippen molar-refractivity contribution in [2.24, 2.45) is 0 Å². The first-order valence-electron chi connectivity index (χ1n) is 8.33. The van der Waals surface area contributed by atoms with E-state index in [0.717, 1.165) is 17.1 Å². The summed E-state index contributed by atoms with van der Waals surface area (Å²) in [5, 5.41) is 7.94. The molecule has 7 heteroatoms. The number of amides is 1. The topological polar surface area (TPSA) is 81.2 Å². The summed E-state index contributed by atoms with van der Waals surface area (Å²) in [7, 11) is 0. The number of hydrogen-bond acceptors (Lipinski definition) is 5. The number of benzene rings is 1. The summed E-state index contributed by atoms with van der Waals surface area (Å²) in [5.41, 5.74) is 3.32. The highest BCUT2D eigenvalue weighted by molar-refractivity contribution is 6.31. The summed E-state index contributed by atoms with van der Waals surface area (Å²) in [6.07, 6.45) is 0. The molecule has 6 nitrogen and oxygen atoms in total. The lowest BCUT2D eigenvalue weighted by atomic mass is 10.1. The minimum absolute atomic E-state index is 0.296. The maximum absolute atomic E-state index is 13.0. The fraction of sp³-hybridized carbons (Fsp3) is 0.150. The van der Waals surface area contributed by atoms with Gasteiger partial charge in [-0.15, -0.1) is 0 Å². The van der Waals surface area contributed by atoms with Gasteiger partial charge in [-0.2, -0.15) is 0 Å². The third-order valence-electron chi connectivity index (χ3n) is 4.26. The summed E-state index contributed by atoms with van der Waals surface area (Å²) in [5.74, 6) is 1.19. The number of rotatable bonds is 3. The van der Waals surface area contributed by atoms with Gasteiger partial charge in [-0.05, 0) is 51.1 Å². The van der Waals surface area contributed by atoms with Crippen LogP contribution >= 0.6 is 11.6 Å². The average molecular weight is 382 g/mol. The largest absolute Gasteiger partial charge is 0.466 e. The van der Waals surface area contributed by atoms with Gasteiger partial charge in [0.1, 0.15) is 11.5 Å². The zero-order valence-electron chi connectivity index (χ0n) is 15.0. The number of anilines is 1. The predicted molar refractivity (Wildman–Crippen MR) is 103 cm³/mol. The molecule has 3 heterocycles. The van der Waals surface area contributed by atoms with Gasteiger partial charge in [0.2, 0.25) is 0 Å². The molecule has 3 aromatic heterocycles. The molecule has 0 aliphatic heterocycles. The van der Waals surface area contributed by atoms with E-state index >= 15 is 0 Å². The van der Waals surface area contributed by atoms with Crippen LogP contribution in [0.2, 0.25) is 5.02 Å². The summed E-state index contributed by atoms with van der Waals surface area (Å²) >= 11 is 6.01. The van der Waals surface area contributed by atoms with Crippen LogP contribution in [0, 0.1) is 20.8 Å². The number of halogens is 1. The van der Waals surface area contributed by atoms with Crippen LogP contribution in [0.25, 0.3) is 22.4 Å². The normalized spacial score (nSPS) is 11.1. The van der Waals surface area contributed by atoms with Crippen molar-refractivity contribution in [1.29, 1.82) is 0 Å². The molecule has 0 saturated heterocycles. The lowest BCUT2D eigenvalue weighted by Gasteiger charge is -2.08. The number of pyridine rings is 1. The molecular formula is C20H16ClN3O3. The van der Waals surface area contributed by atoms with E-state index in [1.54, 1.807) is 37.3 Å². The summed E-state index contributed by atoms with van der Waals surface area (Å²) in [6, 6.07) is 10.6. The van der Waals surface area contributed by atoms with Gasteiger partial charge in [-0.3, -0.25) is 4.79 Å². The Kier molecular flexibility index (Phi) is 4.20. The first kappa shape index (κ1) is 17.3. The fourth-order valence-corrected chi connectivity index (χ4v) is 3.25. The number of carbonyl (C=O) groups excluding carboxylic acids is 1. The zero-order valence-corrected chi connectivity index (χ0v) is 15.7. The molecule has 136 valence electrons. The number of fused-ring (bicyclic) bond motifs is 1. The molecule has 1 aromatic carbocycles. The molecule has 0 fully saturated rings. The lowest BCUT2D eigenvalue weighted by molar-refractivity contribution is 0.102. The Balaban J connectivity index is 1.84. The molecule has 4 aromatic rings. The van der Waals surface area contributed by atoms with Crippen molar-refractivity contribution in [2.75, 3.05) is 5.32 Å². The fourth-order valence-electron chi connectivity index (χ4n) is 3.06. The van der Waals surface area contributed by atoms with Crippen molar-refractivity contribution in [2.45, 2.75) is 20.8 Å². The highest BCUT2D eigenvalue weighted by Crippen LogP contribution is 2.31. The van der Waals surface area contributed by atoms with E-state index in [1.807, 2.05) is 19.9 Å². The van der Waals surface area contributed by atoms with Crippen molar-refractivity contribution >= 4 is 34.3 Å². The average Bonchev–Trinajstić information content (AvgIpc) is 3.16. The van der Waals surface area contributed by atoms with Crippen LogP contribution in [-0.4, -0.2) is 16.0 Å². The molecule has 0 unspecified atom stereocenters. The molecule has 1 N–H and O–H groups in total. The Bertz CT molecular complexity index is 1180. The van der Waals surface area contributed by atoms with E-state index < -0.39 is 0 Å². The summed E-state index contributed by atoms with van der Waals surface area (Å²) < 4.78 is 10.9. The van der Waals surface area contributed by atoms with Gasteiger partial charge in [0.25, 0.3) is 11.6 Å². The van der Waals surface area contributed by atoms with E-state index in [9.17, 15) is 4.79 Å². The van der Waals surface area contributed by atoms with Gasteiger partial charge in [-0.1, -0.05) is 22.8 Å². The molecule has 0 aliphatic rings. The van der Waals surface area contributed by atoms with E-state index in [4.69, 9.17) is 20.5 Å². The number of nitrogens with zero attached hydrogens (tertiary/aromatic N) is 2. The van der Waals surface area contributed by atoms with Gasteiger partial charge in [0.15, 0.2) is 0 Å². The van der Waals surface area contributed by atoms with Gasteiger partial charge in [0, 0.05) is 16.3 Å². The SMILES string of the molecule is Cc1cc(-c2cc(C(=O)Nc3cccc(Cl)c3)c3c(C)noc3n2)c(C)o1. The molecule has 4 rings (SSSR count). The molecule has 0 atom stereocenters. The second-order valence-corrected chi connectivity index (χ2v) is 6.73. The zero-order chi connectivity index (χ0) is 19.1. The molecule has 27 heavy (non-hydrogen) atoms. The lowest BCUT2D eigenvalue weighted by Crippen LogP contribution is -2.13. The van der Waals surface area contributed by atoms with E-state index in [0.29, 0.717) is 38.8 Å². The monoisotopic (exact) mass is 381 g/mol. The molecule has 0 saturated carbocycles. The number of aromatic nitrogens is 2. The van der Waals surface area contributed by atoms with Crippen LogP contribution in [0.1, 0.15) is 27.6 Å². The number of furan rings is 1. The second kappa shape index (κ2) is 6.55. The Morgan fingerprint density at radius 2 is 1.96 bits per heavy atom. The van der Waals surface area contributed by atoms with Crippen LogP contribution in [0.15, 0.2) is 45.3 Å². The summed E-state index contributed by atoms with van der Waals surface area (Å²) in [6.45, 7) is 5.49. The van der Waals surface area contributed by atoms with Crippen LogP contribution in [0.4, 0.5) is 5.69 Å². The van der Waals surface area contributed by atoms with Gasteiger partial charge in [-0.25, -0.2) is 4.98 Å². The van der Waals surface area contributed by atoms with Gasteiger partial charge in [0.05, 0.1) is 22.3 Å². The van der Waals surface area contributed by atoms with Crippen molar-refractivity contribution in [1.82, 2.24) is 10.1 Å².